The van der Waals surface area contributed by atoms with E-state index in [0.717, 1.165) is 36.3 Å². The van der Waals surface area contributed by atoms with Gasteiger partial charge >= 0.3 is 0 Å². The van der Waals surface area contributed by atoms with Crippen molar-refractivity contribution in [3.8, 4) is 0 Å². The van der Waals surface area contributed by atoms with Crippen molar-refractivity contribution in [1.29, 1.82) is 0 Å². The number of hydrogen-bond donors (Lipinski definition) is 1. The molecular weight excluding hydrogens is 306 g/mol. The highest BCUT2D eigenvalue weighted by molar-refractivity contribution is 5.85. The lowest BCUT2D eigenvalue weighted by Gasteiger charge is -2.18. The minimum Gasteiger partial charge on any atom is -0.388 e. The van der Waals surface area contributed by atoms with Gasteiger partial charge in [0.1, 0.15) is 0 Å². The first-order valence-corrected chi connectivity index (χ1v) is 8.06. The van der Waals surface area contributed by atoms with Crippen LogP contribution < -0.4 is 0 Å². The van der Waals surface area contributed by atoms with Gasteiger partial charge in [0.05, 0.1) is 6.10 Å². The van der Waals surface area contributed by atoms with Gasteiger partial charge in [0.25, 0.3) is 0 Å². The van der Waals surface area contributed by atoms with Crippen LogP contribution in [0.5, 0.6) is 0 Å². The molecular formula is C20H24ClNO. The van der Waals surface area contributed by atoms with E-state index in [4.69, 9.17) is 0 Å². The number of nitrogens with zero attached hydrogens (tertiary/aromatic N) is 1. The summed E-state index contributed by atoms with van der Waals surface area (Å²) in [6.45, 7) is 2.94. The van der Waals surface area contributed by atoms with Crippen molar-refractivity contribution in [2.24, 2.45) is 0 Å². The molecule has 1 heterocycles. The molecule has 122 valence electrons. The number of aliphatic hydroxyl groups excluding tert-OH is 1. The van der Waals surface area contributed by atoms with Gasteiger partial charge in [-0.2, -0.15) is 0 Å². The van der Waals surface area contributed by atoms with Crippen molar-refractivity contribution >= 4 is 18.0 Å². The van der Waals surface area contributed by atoms with Gasteiger partial charge in [0.2, 0.25) is 0 Å². The molecule has 0 saturated carbocycles. The third-order valence-electron chi connectivity index (χ3n) is 4.17. The Kier molecular flexibility index (Phi) is 6.85. The summed E-state index contributed by atoms with van der Waals surface area (Å²) in [6.07, 6.45) is 4.07. The van der Waals surface area contributed by atoms with Crippen LogP contribution in [0.25, 0.3) is 5.57 Å². The van der Waals surface area contributed by atoms with Crippen molar-refractivity contribution in [2.45, 2.75) is 18.9 Å². The van der Waals surface area contributed by atoms with Crippen molar-refractivity contribution in [1.82, 2.24) is 4.90 Å². The monoisotopic (exact) mass is 329 g/mol. The van der Waals surface area contributed by atoms with Gasteiger partial charge in [0.15, 0.2) is 0 Å². The summed E-state index contributed by atoms with van der Waals surface area (Å²) in [7, 11) is 0. The highest BCUT2D eigenvalue weighted by Crippen LogP contribution is 2.24. The van der Waals surface area contributed by atoms with Crippen LogP contribution in [0, 0.1) is 0 Å². The molecule has 3 rings (SSSR count). The standard InChI is InChI=1S/C20H23NO.ClH/c22-19(16-21-13-7-8-14-21)15-20(17-9-3-1-4-10-17)18-11-5-2-6-12-18;/h1-6,9-12,15,19,22H,7-8,13-14,16H2;1H. The van der Waals surface area contributed by atoms with E-state index < -0.39 is 6.10 Å². The number of rotatable bonds is 5. The zero-order chi connectivity index (χ0) is 15.2. The fourth-order valence-electron chi connectivity index (χ4n) is 3.07. The SMILES string of the molecule is Cl.OC(C=C(c1ccccc1)c1ccccc1)CN1CCCC1. The lowest BCUT2D eigenvalue weighted by Crippen LogP contribution is -2.28. The number of hydrogen-bond acceptors (Lipinski definition) is 2. The molecule has 3 heteroatoms. The Balaban J connectivity index is 0.00000192. The second-order valence-corrected chi connectivity index (χ2v) is 5.89. The van der Waals surface area contributed by atoms with Crippen LogP contribution in [0.3, 0.4) is 0 Å². The molecule has 23 heavy (non-hydrogen) atoms. The maximum Gasteiger partial charge on any atom is 0.0857 e. The molecule has 1 aliphatic heterocycles. The predicted molar refractivity (Wildman–Crippen MR) is 98.9 cm³/mol. The Morgan fingerprint density at radius 1 is 0.913 bits per heavy atom. The smallest absolute Gasteiger partial charge is 0.0857 e. The van der Waals surface area contributed by atoms with E-state index >= 15 is 0 Å². The molecule has 0 radical (unpaired) electrons. The fourth-order valence-corrected chi connectivity index (χ4v) is 3.07. The quantitative estimate of drug-likeness (QED) is 0.896. The van der Waals surface area contributed by atoms with E-state index in [0.29, 0.717) is 0 Å². The summed E-state index contributed by atoms with van der Waals surface area (Å²) in [5.41, 5.74) is 3.40. The van der Waals surface area contributed by atoms with Gasteiger partial charge in [-0.25, -0.2) is 0 Å². The average Bonchev–Trinajstić information content (AvgIpc) is 3.07. The van der Waals surface area contributed by atoms with Crippen molar-refractivity contribution in [2.75, 3.05) is 19.6 Å². The maximum absolute atomic E-state index is 10.5. The zero-order valence-electron chi connectivity index (χ0n) is 13.3. The topological polar surface area (TPSA) is 23.5 Å². The van der Waals surface area contributed by atoms with E-state index in [1.54, 1.807) is 0 Å². The molecule has 2 nitrogen and oxygen atoms in total. The van der Waals surface area contributed by atoms with E-state index in [9.17, 15) is 5.11 Å². The second kappa shape index (κ2) is 8.88. The van der Waals surface area contributed by atoms with Crippen LogP contribution in [0.4, 0.5) is 0 Å². The Morgan fingerprint density at radius 3 is 1.87 bits per heavy atom. The highest BCUT2D eigenvalue weighted by Gasteiger charge is 2.15. The van der Waals surface area contributed by atoms with Crippen molar-refractivity contribution in [3.05, 3.63) is 77.9 Å². The lowest BCUT2D eigenvalue weighted by atomic mass is 9.96. The third-order valence-corrected chi connectivity index (χ3v) is 4.17. The minimum atomic E-state index is -0.437. The summed E-state index contributed by atoms with van der Waals surface area (Å²) in [5.74, 6) is 0. The van der Waals surface area contributed by atoms with Crippen LogP contribution in [0.2, 0.25) is 0 Å². The Morgan fingerprint density at radius 2 is 1.39 bits per heavy atom. The molecule has 1 atom stereocenters. The zero-order valence-corrected chi connectivity index (χ0v) is 14.1. The van der Waals surface area contributed by atoms with Gasteiger partial charge in [-0.3, -0.25) is 0 Å². The summed E-state index contributed by atoms with van der Waals surface area (Å²) in [5, 5.41) is 10.5. The summed E-state index contributed by atoms with van der Waals surface area (Å²) >= 11 is 0. The van der Waals surface area contributed by atoms with Gasteiger partial charge < -0.3 is 10.0 Å². The molecule has 1 unspecified atom stereocenters. The molecule has 0 aromatic heterocycles. The van der Waals surface area contributed by atoms with Crippen molar-refractivity contribution < 1.29 is 5.11 Å². The lowest BCUT2D eigenvalue weighted by molar-refractivity contribution is 0.164. The van der Waals surface area contributed by atoms with Gasteiger partial charge in [0, 0.05) is 6.54 Å². The van der Waals surface area contributed by atoms with Gasteiger partial charge in [-0.1, -0.05) is 60.7 Å². The van der Waals surface area contributed by atoms with Crippen molar-refractivity contribution in [3.63, 3.8) is 0 Å². The van der Waals surface area contributed by atoms with Crippen LogP contribution in [-0.4, -0.2) is 35.7 Å². The number of β-amino-alcohol motifs (C(OH)–C–C–N with tert-alkyl or cyclic N) is 1. The Labute approximate surface area is 144 Å². The Bertz CT molecular complexity index is 565. The molecule has 0 bridgehead atoms. The van der Waals surface area contributed by atoms with Gasteiger partial charge in [-0.05, 0) is 48.7 Å². The number of halogens is 1. The first kappa shape index (κ1) is 17.7. The van der Waals surface area contributed by atoms with Gasteiger partial charge in [-0.15, -0.1) is 12.4 Å². The van der Waals surface area contributed by atoms with Crippen LogP contribution in [-0.2, 0) is 0 Å². The van der Waals surface area contributed by atoms with E-state index in [1.165, 1.54) is 12.8 Å². The van der Waals surface area contributed by atoms with E-state index in [-0.39, 0.29) is 12.4 Å². The molecule has 0 spiro atoms. The maximum atomic E-state index is 10.5. The predicted octanol–water partition coefficient (Wildman–Crippen LogP) is 4.00. The number of aliphatic hydroxyl groups is 1. The second-order valence-electron chi connectivity index (χ2n) is 5.89. The normalized spacial score (nSPS) is 15.7. The van der Waals surface area contributed by atoms with Crippen LogP contribution in [0.15, 0.2) is 66.7 Å². The average molecular weight is 330 g/mol. The van der Waals surface area contributed by atoms with Crippen LogP contribution >= 0.6 is 12.4 Å². The first-order chi connectivity index (χ1) is 10.8. The molecule has 1 fully saturated rings. The summed E-state index contributed by atoms with van der Waals surface area (Å²) in [4.78, 5) is 2.34. The first-order valence-electron chi connectivity index (χ1n) is 8.06. The molecule has 0 amide bonds. The molecule has 2 aromatic rings. The molecule has 1 aliphatic rings. The van der Waals surface area contributed by atoms with E-state index in [1.807, 2.05) is 42.5 Å². The minimum absolute atomic E-state index is 0. The van der Waals surface area contributed by atoms with Crippen LogP contribution in [0.1, 0.15) is 24.0 Å². The molecule has 0 aliphatic carbocycles. The Hall–Kier alpha value is -1.61. The fraction of sp³-hybridized carbons (Fsp3) is 0.300. The molecule has 1 saturated heterocycles. The molecule has 1 N–H and O–H groups in total. The number of likely N-dealkylation sites (tertiary alicyclic amines) is 1. The number of benzene rings is 2. The third kappa shape index (κ3) is 4.93. The highest BCUT2D eigenvalue weighted by atomic mass is 35.5. The summed E-state index contributed by atoms with van der Waals surface area (Å²) < 4.78 is 0. The largest absolute Gasteiger partial charge is 0.388 e. The molecule has 2 aromatic carbocycles. The summed E-state index contributed by atoms with van der Waals surface area (Å²) in [6, 6.07) is 20.6. The van der Waals surface area contributed by atoms with E-state index in [2.05, 4.69) is 29.2 Å².